The van der Waals surface area contributed by atoms with Crippen LogP contribution in [-0.4, -0.2) is 41.0 Å². The summed E-state index contributed by atoms with van der Waals surface area (Å²) in [6.07, 6.45) is 0.789. The van der Waals surface area contributed by atoms with E-state index in [-0.39, 0.29) is 6.10 Å². The summed E-state index contributed by atoms with van der Waals surface area (Å²) >= 11 is 5.91. The summed E-state index contributed by atoms with van der Waals surface area (Å²) in [5, 5.41) is 5.42. The van der Waals surface area contributed by atoms with E-state index in [2.05, 4.69) is 41.3 Å². The molecule has 3 aromatic rings. The number of morpholine rings is 1. The Balaban J connectivity index is 1.33. The smallest absolute Gasteiger partial charge is 0.119 e. The lowest BCUT2D eigenvalue weighted by molar-refractivity contribution is -0.0352. The first-order chi connectivity index (χ1) is 14.2. The maximum atomic E-state index is 6.02. The van der Waals surface area contributed by atoms with Gasteiger partial charge < -0.3 is 9.47 Å². The molecule has 0 radical (unpaired) electrons. The fraction of sp³-hybridized carbons (Fsp3) is 0.348. The molecule has 152 valence electrons. The van der Waals surface area contributed by atoms with E-state index in [9.17, 15) is 0 Å². The summed E-state index contributed by atoms with van der Waals surface area (Å²) in [6, 6.07) is 20.1. The molecular formula is C23H26ClN3O2. The molecule has 0 spiro atoms. The second kappa shape index (κ2) is 9.44. The monoisotopic (exact) mass is 411 g/mol. The summed E-state index contributed by atoms with van der Waals surface area (Å²) in [4.78, 5) is 2.43. The zero-order chi connectivity index (χ0) is 20.1. The Hall–Kier alpha value is -2.34. The van der Waals surface area contributed by atoms with Gasteiger partial charge in [0.25, 0.3) is 0 Å². The molecule has 5 nitrogen and oxygen atoms in total. The number of halogens is 1. The largest absolute Gasteiger partial charge is 0.493 e. The molecule has 29 heavy (non-hydrogen) atoms. The summed E-state index contributed by atoms with van der Waals surface area (Å²) in [5.41, 5.74) is 3.46. The minimum atomic E-state index is 0.00426. The maximum Gasteiger partial charge on any atom is 0.119 e. The molecule has 4 rings (SSSR count). The average molecular weight is 412 g/mol. The van der Waals surface area contributed by atoms with E-state index < -0.39 is 0 Å². The van der Waals surface area contributed by atoms with E-state index in [0.717, 1.165) is 49.8 Å². The minimum Gasteiger partial charge on any atom is -0.493 e. The molecule has 1 aromatic heterocycles. The second-order valence-electron chi connectivity index (χ2n) is 7.32. The highest BCUT2D eigenvalue weighted by atomic mass is 35.5. The van der Waals surface area contributed by atoms with Gasteiger partial charge in [-0.3, -0.25) is 9.58 Å². The van der Waals surface area contributed by atoms with Gasteiger partial charge in [0, 0.05) is 43.8 Å². The van der Waals surface area contributed by atoms with Gasteiger partial charge in [-0.2, -0.15) is 5.10 Å². The van der Waals surface area contributed by atoms with Crippen LogP contribution in [0, 0.1) is 0 Å². The van der Waals surface area contributed by atoms with Crippen molar-refractivity contribution in [3.05, 3.63) is 82.6 Å². The molecule has 0 N–H and O–H groups in total. The molecule has 0 amide bonds. The van der Waals surface area contributed by atoms with Crippen LogP contribution in [0.1, 0.15) is 23.1 Å². The number of ether oxygens (including phenoxy) is 2. The van der Waals surface area contributed by atoms with Crippen molar-refractivity contribution >= 4 is 11.6 Å². The van der Waals surface area contributed by atoms with Crippen LogP contribution in [0.25, 0.3) is 0 Å². The number of aryl methyl sites for hydroxylation is 1. The first-order valence-corrected chi connectivity index (χ1v) is 10.3. The first kappa shape index (κ1) is 20.0. The standard InChI is InChI=1S/C23H26ClN3O2/c1-26-20(11-13-28-21-9-7-19(24)8-10-21)15-22(25-26)23-17-27(12-14-29-23)16-18-5-3-2-4-6-18/h2-10,15,23H,11-14,16-17H2,1H3/t23-/m0/s1. The van der Waals surface area contributed by atoms with Crippen molar-refractivity contribution in [2.24, 2.45) is 7.05 Å². The maximum absolute atomic E-state index is 6.02. The van der Waals surface area contributed by atoms with E-state index in [1.54, 1.807) is 0 Å². The topological polar surface area (TPSA) is 39.5 Å². The summed E-state index contributed by atoms with van der Waals surface area (Å²) in [6.45, 7) is 4.05. The van der Waals surface area contributed by atoms with Gasteiger partial charge in [0.15, 0.2) is 0 Å². The zero-order valence-electron chi connectivity index (χ0n) is 16.6. The molecule has 2 heterocycles. The number of nitrogens with zero attached hydrogens (tertiary/aromatic N) is 3. The lowest BCUT2D eigenvalue weighted by Gasteiger charge is -2.32. The molecule has 1 saturated heterocycles. The number of aromatic nitrogens is 2. The van der Waals surface area contributed by atoms with Gasteiger partial charge in [-0.25, -0.2) is 0 Å². The lowest BCUT2D eigenvalue weighted by Crippen LogP contribution is -2.38. The van der Waals surface area contributed by atoms with Crippen LogP contribution < -0.4 is 4.74 Å². The van der Waals surface area contributed by atoms with Gasteiger partial charge in [0.2, 0.25) is 0 Å². The van der Waals surface area contributed by atoms with Crippen LogP contribution in [0.5, 0.6) is 5.75 Å². The SMILES string of the molecule is Cn1nc([C@@H]2CN(Cc3ccccc3)CCO2)cc1CCOc1ccc(Cl)cc1. The van der Waals surface area contributed by atoms with Gasteiger partial charge in [0.1, 0.15) is 11.9 Å². The molecule has 1 aliphatic rings. The van der Waals surface area contributed by atoms with E-state index in [4.69, 9.17) is 26.2 Å². The van der Waals surface area contributed by atoms with Crippen molar-refractivity contribution in [2.45, 2.75) is 19.1 Å². The second-order valence-corrected chi connectivity index (χ2v) is 7.75. The highest BCUT2D eigenvalue weighted by Crippen LogP contribution is 2.23. The molecule has 6 heteroatoms. The van der Waals surface area contributed by atoms with Gasteiger partial charge in [-0.15, -0.1) is 0 Å². The lowest BCUT2D eigenvalue weighted by atomic mass is 10.1. The molecule has 0 saturated carbocycles. The molecule has 2 aromatic carbocycles. The fourth-order valence-electron chi connectivity index (χ4n) is 3.59. The predicted octanol–water partition coefficient (Wildman–Crippen LogP) is 4.27. The molecule has 1 aliphatic heterocycles. The Labute approximate surface area is 176 Å². The summed E-state index contributed by atoms with van der Waals surface area (Å²) < 4.78 is 13.8. The Kier molecular flexibility index (Phi) is 6.49. The van der Waals surface area contributed by atoms with Crippen LogP contribution in [0.4, 0.5) is 0 Å². The number of hydrogen-bond donors (Lipinski definition) is 0. The van der Waals surface area contributed by atoms with Crippen molar-refractivity contribution in [3.63, 3.8) is 0 Å². The van der Waals surface area contributed by atoms with Gasteiger partial charge in [-0.1, -0.05) is 41.9 Å². The third-order valence-corrected chi connectivity index (χ3v) is 5.42. The third kappa shape index (κ3) is 5.38. The molecule has 0 aliphatic carbocycles. The van der Waals surface area contributed by atoms with E-state index in [0.29, 0.717) is 11.6 Å². The predicted molar refractivity (Wildman–Crippen MR) is 114 cm³/mol. The Bertz CT molecular complexity index is 912. The minimum absolute atomic E-state index is 0.00426. The van der Waals surface area contributed by atoms with Crippen molar-refractivity contribution < 1.29 is 9.47 Å². The summed E-state index contributed by atoms with van der Waals surface area (Å²) in [5.74, 6) is 0.823. The van der Waals surface area contributed by atoms with Crippen LogP contribution in [0.3, 0.4) is 0 Å². The van der Waals surface area contributed by atoms with Crippen LogP contribution in [-0.2, 0) is 24.8 Å². The normalized spacial score (nSPS) is 17.4. The number of rotatable bonds is 7. The highest BCUT2D eigenvalue weighted by Gasteiger charge is 2.24. The van der Waals surface area contributed by atoms with Crippen LogP contribution in [0.15, 0.2) is 60.7 Å². The van der Waals surface area contributed by atoms with E-state index in [1.165, 1.54) is 5.56 Å². The van der Waals surface area contributed by atoms with E-state index >= 15 is 0 Å². The van der Waals surface area contributed by atoms with E-state index in [1.807, 2.05) is 36.0 Å². The fourth-order valence-corrected chi connectivity index (χ4v) is 3.72. The van der Waals surface area contributed by atoms with Crippen LogP contribution in [0.2, 0.25) is 5.02 Å². The summed E-state index contributed by atoms with van der Waals surface area (Å²) in [7, 11) is 1.98. The molecule has 1 fully saturated rings. The molecular weight excluding hydrogens is 386 g/mol. The first-order valence-electron chi connectivity index (χ1n) is 9.96. The van der Waals surface area contributed by atoms with Gasteiger partial charge in [-0.05, 0) is 35.9 Å². The van der Waals surface area contributed by atoms with Gasteiger partial charge in [0.05, 0.1) is 18.9 Å². The number of hydrogen-bond acceptors (Lipinski definition) is 4. The van der Waals surface area contributed by atoms with Crippen LogP contribution >= 0.6 is 11.6 Å². The Morgan fingerprint density at radius 2 is 1.93 bits per heavy atom. The zero-order valence-corrected chi connectivity index (χ0v) is 17.4. The number of benzene rings is 2. The quantitative estimate of drug-likeness (QED) is 0.582. The van der Waals surface area contributed by atoms with Gasteiger partial charge >= 0.3 is 0 Å². The van der Waals surface area contributed by atoms with Crippen molar-refractivity contribution in [3.8, 4) is 5.75 Å². The van der Waals surface area contributed by atoms with Crippen molar-refractivity contribution in [2.75, 3.05) is 26.3 Å². The molecule has 0 bridgehead atoms. The Morgan fingerprint density at radius 3 is 2.72 bits per heavy atom. The van der Waals surface area contributed by atoms with Crippen molar-refractivity contribution in [1.82, 2.24) is 14.7 Å². The third-order valence-electron chi connectivity index (χ3n) is 5.17. The highest BCUT2D eigenvalue weighted by molar-refractivity contribution is 6.30. The molecule has 1 atom stereocenters. The average Bonchev–Trinajstić information content (AvgIpc) is 3.11. The Morgan fingerprint density at radius 1 is 1.14 bits per heavy atom. The molecule has 0 unspecified atom stereocenters. The van der Waals surface area contributed by atoms with Crippen molar-refractivity contribution in [1.29, 1.82) is 0 Å².